The van der Waals surface area contributed by atoms with Crippen molar-refractivity contribution in [1.82, 2.24) is 4.72 Å². The molecule has 1 N–H and O–H groups in total. The smallest absolute Gasteiger partial charge is 0.240 e. The molecule has 0 amide bonds. The first-order valence-electron chi connectivity index (χ1n) is 7.07. The Kier molecular flexibility index (Phi) is 4.93. The van der Waals surface area contributed by atoms with E-state index in [1.165, 1.54) is 24.3 Å². The normalized spacial score (nSPS) is 12.8. The van der Waals surface area contributed by atoms with Crippen LogP contribution in [0.2, 0.25) is 0 Å². The largest absolute Gasteiger partial charge is 0.454 e. The van der Waals surface area contributed by atoms with Gasteiger partial charge in [0.15, 0.2) is 11.5 Å². The number of rotatable bonds is 5. The standard InChI is InChI=1S/C16H13IN2O4S/c17-14-8-16-15(22-10-23-16)7-12(14)5-6-19-24(20,21)13-3-1-11(9-18)2-4-13/h1-4,7-8,19H,5-6,10H2. The molecule has 1 heterocycles. The van der Waals surface area contributed by atoms with Gasteiger partial charge < -0.3 is 9.47 Å². The molecule has 2 aromatic rings. The SMILES string of the molecule is N#Cc1ccc(S(=O)(=O)NCCc2cc3c(cc2I)OCO3)cc1. The lowest BCUT2D eigenvalue weighted by atomic mass is 10.1. The number of hydrogen-bond donors (Lipinski definition) is 1. The van der Waals surface area contributed by atoms with Crippen LogP contribution in [0.5, 0.6) is 11.5 Å². The Hall–Kier alpha value is -1.83. The number of benzene rings is 2. The van der Waals surface area contributed by atoms with Gasteiger partial charge in [-0.3, -0.25) is 0 Å². The van der Waals surface area contributed by atoms with E-state index in [9.17, 15) is 8.42 Å². The molecule has 124 valence electrons. The quantitative estimate of drug-likeness (QED) is 0.699. The lowest BCUT2D eigenvalue weighted by Gasteiger charge is -2.09. The van der Waals surface area contributed by atoms with Gasteiger partial charge in [-0.05, 0) is 71.0 Å². The molecule has 1 aliphatic rings. The third-order valence-corrected chi connectivity index (χ3v) is 6.00. The number of fused-ring (bicyclic) bond motifs is 1. The Morgan fingerprint density at radius 2 is 1.83 bits per heavy atom. The predicted octanol–water partition coefficient (Wildman–Crippen LogP) is 2.41. The van der Waals surface area contributed by atoms with Crippen LogP contribution in [0.25, 0.3) is 0 Å². The van der Waals surface area contributed by atoms with Gasteiger partial charge in [-0.15, -0.1) is 0 Å². The highest BCUT2D eigenvalue weighted by Gasteiger charge is 2.17. The summed E-state index contributed by atoms with van der Waals surface area (Å²) in [6.45, 7) is 0.470. The average molecular weight is 456 g/mol. The summed E-state index contributed by atoms with van der Waals surface area (Å²) in [6.07, 6.45) is 0.532. The lowest BCUT2D eigenvalue weighted by Crippen LogP contribution is -2.26. The molecule has 0 spiro atoms. The second-order valence-corrected chi connectivity index (χ2v) is 8.01. The van der Waals surface area contributed by atoms with Crippen molar-refractivity contribution in [3.63, 3.8) is 0 Å². The minimum absolute atomic E-state index is 0.141. The van der Waals surface area contributed by atoms with Crippen molar-refractivity contribution in [2.24, 2.45) is 0 Å². The van der Waals surface area contributed by atoms with E-state index in [0.29, 0.717) is 23.5 Å². The number of halogens is 1. The van der Waals surface area contributed by atoms with Crippen LogP contribution in [-0.2, 0) is 16.4 Å². The highest BCUT2D eigenvalue weighted by molar-refractivity contribution is 14.1. The van der Waals surface area contributed by atoms with E-state index in [1.807, 2.05) is 18.2 Å². The monoisotopic (exact) mass is 456 g/mol. The van der Waals surface area contributed by atoms with Gasteiger partial charge >= 0.3 is 0 Å². The second kappa shape index (κ2) is 6.96. The first-order chi connectivity index (χ1) is 11.5. The fraction of sp³-hybridized carbons (Fsp3) is 0.188. The molecular weight excluding hydrogens is 443 g/mol. The molecule has 0 saturated heterocycles. The Morgan fingerprint density at radius 1 is 1.17 bits per heavy atom. The summed E-state index contributed by atoms with van der Waals surface area (Å²) >= 11 is 2.19. The third kappa shape index (κ3) is 3.63. The lowest BCUT2D eigenvalue weighted by molar-refractivity contribution is 0.174. The zero-order valence-corrected chi connectivity index (χ0v) is 15.4. The van der Waals surface area contributed by atoms with Crippen LogP contribution < -0.4 is 14.2 Å². The van der Waals surface area contributed by atoms with Crippen LogP contribution in [0.4, 0.5) is 0 Å². The third-order valence-electron chi connectivity index (χ3n) is 3.52. The summed E-state index contributed by atoms with van der Waals surface area (Å²) in [5.74, 6) is 1.39. The highest BCUT2D eigenvalue weighted by Crippen LogP contribution is 2.35. The van der Waals surface area contributed by atoms with Crippen molar-refractivity contribution in [1.29, 1.82) is 5.26 Å². The summed E-state index contributed by atoms with van der Waals surface area (Å²) in [5, 5.41) is 8.76. The van der Waals surface area contributed by atoms with Gasteiger partial charge in [0.1, 0.15) is 0 Å². The number of sulfonamides is 1. The van der Waals surface area contributed by atoms with E-state index >= 15 is 0 Å². The van der Waals surface area contributed by atoms with Crippen molar-refractivity contribution >= 4 is 32.6 Å². The molecule has 0 atom stereocenters. The zero-order chi connectivity index (χ0) is 17.2. The molecule has 0 aromatic heterocycles. The van der Waals surface area contributed by atoms with Crippen molar-refractivity contribution in [2.75, 3.05) is 13.3 Å². The minimum atomic E-state index is -3.60. The maximum Gasteiger partial charge on any atom is 0.240 e. The summed E-state index contributed by atoms with van der Waals surface area (Å²) in [7, 11) is -3.60. The van der Waals surface area contributed by atoms with Crippen LogP contribution in [0.15, 0.2) is 41.3 Å². The molecule has 8 heteroatoms. The van der Waals surface area contributed by atoms with Gasteiger partial charge in [-0.2, -0.15) is 5.26 Å². The number of nitrogens with one attached hydrogen (secondary N) is 1. The average Bonchev–Trinajstić information content (AvgIpc) is 3.02. The van der Waals surface area contributed by atoms with Crippen LogP contribution in [0.3, 0.4) is 0 Å². The molecule has 3 rings (SSSR count). The molecule has 0 saturated carbocycles. The second-order valence-electron chi connectivity index (χ2n) is 5.08. The van der Waals surface area contributed by atoms with E-state index in [2.05, 4.69) is 27.3 Å². The van der Waals surface area contributed by atoms with E-state index < -0.39 is 10.0 Å². The highest BCUT2D eigenvalue weighted by atomic mass is 127. The summed E-state index contributed by atoms with van der Waals surface area (Å²) in [6, 6.07) is 11.5. The molecule has 2 aromatic carbocycles. The molecule has 1 aliphatic heterocycles. The van der Waals surface area contributed by atoms with Gasteiger partial charge in [0, 0.05) is 10.1 Å². The van der Waals surface area contributed by atoms with E-state index in [0.717, 1.165) is 9.13 Å². The number of nitriles is 1. The van der Waals surface area contributed by atoms with Crippen molar-refractivity contribution < 1.29 is 17.9 Å². The fourth-order valence-corrected chi connectivity index (χ4v) is 4.00. The van der Waals surface area contributed by atoms with Crippen LogP contribution in [0.1, 0.15) is 11.1 Å². The first kappa shape index (κ1) is 17.0. The van der Waals surface area contributed by atoms with Crippen molar-refractivity contribution in [3.8, 4) is 17.6 Å². The Morgan fingerprint density at radius 3 is 2.50 bits per heavy atom. The first-order valence-corrected chi connectivity index (χ1v) is 9.63. The topological polar surface area (TPSA) is 88.4 Å². The molecule has 0 unspecified atom stereocenters. The summed E-state index contributed by atoms with van der Waals surface area (Å²) in [4.78, 5) is 0.141. The Balaban J connectivity index is 1.66. The molecule has 0 bridgehead atoms. The molecule has 0 fully saturated rings. The van der Waals surface area contributed by atoms with Gasteiger partial charge in [-0.1, -0.05) is 0 Å². The Bertz CT molecular complexity index is 905. The van der Waals surface area contributed by atoms with Gasteiger partial charge in [0.05, 0.1) is 16.5 Å². The maximum absolute atomic E-state index is 12.3. The molecule has 6 nitrogen and oxygen atoms in total. The van der Waals surface area contributed by atoms with Gasteiger partial charge in [0.2, 0.25) is 16.8 Å². The van der Waals surface area contributed by atoms with Crippen molar-refractivity contribution in [2.45, 2.75) is 11.3 Å². The summed E-state index contributed by atoms with van der Waals surface area (Å²) in [5.41, 5.74) is 1.41. The van der Waals surface area contributed by atoms with Crippen LogP contribution in [0, 0.1) is 14.9 Å². The maximum atomic E-state index is 12.3. The number of ether oxygens (including phenoxy) is 2. The Labute approximate surface area is 153 Å². The van der Waals surface area contributed by atoms with E-state index in [-0.39, 0.29) is 18.2 Å². The van der Waals surface area contributed by atoms with E-state index in [4.69, 9.17) is 14.7 Å². The fourth-order valence-electron chi connectivity index (χ4n) is 2.26. The minimum Gasteiger partial charge on any atom is -0.454 e. The van der Waals surface area contributed by atoms with Crippen LogP contribution in [-0.4, -0.2) is 21.8 Å². The zero-order valence-electron chi connectivity index (χ0n) is 12.5. The molecular formula is C16H13IN2O4S. The molecule has 0 aliphatic carbocycles. The van der Waals surface area contributed by atoms with Gasteiger partial charge in [0.25, 0.3) is 0 Å². The van der Waals surface area contributed by atoms with Crippen molar-refractivity contribution in [3.05, 3.63) is 51.1 Å². The van der Waals surface area contributed by atoms with Crippen LogP contribution >= 0.6 is 22.6 Å². The van der Waals surface area contributed by atoms with E-state index in [1.54, 1.807) is 0 Å². The van der Waals surface area contributed by atoms with Gasteiger partial charge in [-0.25, -0.2) is 13.1 Å². The molecule has 0 radical (unpaired) electrons. The molecule has 24 heavy (non-hydrogen) atoms. The summed E-state index contributed by atoms with van der Waals surface area (Å²) < 4.78 is 38.7. The number of hydrogen-bond acceptors (Lipinski definition) is 5. The predicted molar refractivity (Wildman–Crippen MR) is 95.3 cm³/mol. The number of nitrogens with zero attached hydrogens (tertiary/aromatic N) is 1.